The SMILES string of the molecule is CCCCOc1ccc(/C=C/C(=O)Nc2ccccc2OCC)cc1OCC. The molecular weight excluding hydrogens is 354 g/mol. The zero-order chi connectivity index (χ0) is 20.2. The highest BCUT2D eigenvalue weighted by Gasteiger charge is 2.07. The second-order valence-corrected chi connectivity index (χ2v) is 6.09. The largest absolute Gasteiger partial charge is 0.492 e. The van der Waals surface area contributed by atoms with E-state index in [9.17, 15) is 4.79 Å². The van der Waals surface area contributed by atoms with E-state index in [4.69, 9.17) is 14.2 Å². The molecule has 28 heavy (non-hydrogen) atoms. The Hall–Kier alpha value is -2.95. The molecule has 0 fully saturated rings. The third-order valence-corrected chi connectivity index (χ3v) is 3.89. The Kier molecular flexibility index (Phi) is 8.92. The van der Waals surface area contributed by atoms with Gasteiger partial charge in [-0.15, -0.1) is 0 Å². The van der Waals surface area contributed by atoms with Crippen LogP contribution in [0.15, 0.2) is 48.5 Å². The molecule has 0 unspecified atom stereocenters. The van der Waals surface area contributed by atoms with Crippen LogP contribution < -0.4 is 19.5 Å². The average Bonchev–Trinajstić information content (AvgIpc) is 2.70. The fourth-order valence-corrected chi connectivity index (χ4v) is 2.54. The van der Waals surface area contributed by atoms with Gasteiger partial charge < -0.3 is 19.5 Å². The van der Waals surface area contributed by atoms with E-state index in [0.29, 0.717) is 37.0 Å². The van der Waals surface area contributed by atoms with Gasteiger partial charge >= 0.3 is 0 Å². The Balaban J connectivity index is 2.06. The van der Waals surface area contributed by atoms with Crippen LogP contribution in [0.25, 0.3) is 6.08 Å². The number of nitrogens with one attached hydrogen (secondary N) is 1. The smallest absolute Gasteiger partial charge is 0.248 e. The fraction of sp³-hybridized carbons (Fsp3) is 0.348. The van der Waals surface area contributed by atoms with Gasteiger partial charge in [0, 0.05) is 6.08 Å². The van der Waals surface area contributed by atoms with E-state index in [1.54, 1.807) is 6.08 Å². The summed E-state index contributed by atoms with van der Waals surface area (Å²) in [7, 11) is 0. The standard InChI is InChI=1S/C23H29NO4/c1-4-7-16-28-21-14-12-18(17-22(21)27-6-3)13-15-23(25)24-19-10-8-9-11-20(19)26-5-2/h8-15,17H,4-7,16H2,1-3H3,(H,24,25)/b15-13+. The van der Waals surface area contributed by atoms with Crippen molar-refractivity contribution in [3.63, 3.8) is 0 Å². The number of anilines is 1. The summed E-state index contributed by atoms with van der Waals surface area (Å²) in [5.74, 6) is 1.83. The van der Waals surface area contributed by atoms with Crippen molar-refractivity contribution >= 4 is 17.7 Å². The number of carbonyl (C=O) groups excluding carboxylic acids is 1. The number of hydrogen-bond acceptors (Lipinski definition) is 4. The van der Waals surface area contributed by atoms with Crippen molar-refractivity contribution in [1.29, 1.82) is 0 Å². The molecule has 0 saturated heterocycles. The number of benzene rings is 2. The first-order chi connectivity index (χ1) is 13.7. The summed E-state index contributed by atoms with van der Waals surface area (Å²) in [6.45, 7) is 7.71. The first-order valence-corrected chi connectivity index (χ1v) is 9.78. The molecule has 0 aromatic heterocycles. The number of hydrogen-bond donors (Lipinski definition) is 1. The molecule has 5 heteroatoms. The Labute approximate surface area is 167 Å². The Morgan fingerprint density at radius 3 is 2.43 bits per heavy atom. The van der Waals surface area contributed by atoms with Gasteiger partial charge in [-0.1, -0.05) is 31.5 Å². The van der Waals surface area contributed by atoms with Crippen LogP contribution in [0.4, 0.5) is 5.69 Å². The van der Waals surface area contributed by atoms with Crippen LogP contribution >= 0.6 is 0 Å². The van der Waals surface area contributed by atoms with Crippen LogP contribution in [0.1, 0.15) is 39.2 Å². The molecule has 0 aliphatic carbocycles. The molecule has 0 radical (unpaired) electrons. The van der Waals surface area contributed by atoms with Crippen LogP contribution in [0.2, 0.25) is 0 Å². The highest BCUT2D eigenvalue weighted by atomic mass is 16.5. The number of unbranched alkanes of at least 4 members (excludes halogenated alkanes) is 1. The third-order valence-electron chi connectivity index (χ3n) is 3.89. The molecular formula is C23H29NO4. The predicted octanol–water partition coefficient (Wildman–Crippen LogP) is 5.31. The summed E-state index contributed by atoms with van der Waals surface area (Å²) in [5.41, 5.74) is 1.51. The lowest BCUT2D eigenvalue weighted by Crippen LogP contribution is -2.09. The summed E-state index contributed by atoms with van der Waals surface area (Å²) in [5, 5.41) is 2.84. The summed E-state index contributed by atoms with van der Waals surface area (Å²) in [6.07, 6.45) is 5.31. The normalized spacial score (nSPS) is 10.7. The monoisotopic (exact) mass is 383 g/mol. The minimum Gasteiger partial charge on any atom is -0.492 e. The summed E-state index contributed by atoms with van der Waals surface area (Å²) in [6, 6.07) is 13.0. The fourth-order valence-electron chi connectivity index (χ4n) is 2.54. The lowest BCUT2D eigenvalue weighted by molar-refractivity contribution is -0.111. The van der Waals surface area contributed by atoms with Crippen molar-refractivity contribution < 1.29 is 19.0 Å². The highest BCUT2D eigenvalue weighted by Crippen LogP contribution is 2.29. The number of para-hydroxylation sites is 2. The van der Waals surface area contributed by atoms with Crippen molar-refractivity contribution in [2.75, 3.05) is 25.1 Å². The van der Waals surface area contributed by atoms with Crippen molar-refractivity contribution in [2.45, 2.75) is 33.6 Å². The molecule has 0 bridgehead atoms. The van der Waals surface area contributed by atoms with Crippen LogP contribution in [-0.2, 0) is 4.79 Å². The molecule has 2 rings (SSSR count). The number of rotatable bonds is 11. The van der Waals surface area contributed by atoms with Gasteiger partial charge in [0.25, 0.3) is 0 Å². The molecule has 150 valence electrons. The first kappa shape index (κ1) is 21.4. The van der Waals surface area contributed by atoms with Gasteiger partial charge in [-0.2, -0.15) is 0 Å². The van der Waals surface area contributed by atoms with E-state index >= 15 is 0 Å². The minimum absolute atomic E-state index is 0.228. The molecule has 2 aromatic rings. The maximum absolute atomic E-state index is 12.3. The van der Waals surface area contributed by atoms with E-state index in [2.05, 4.69) is 12.2 Å². The number of carbonyl (C=O) groups is 1. The molecule has 0 spiro atoms. The third kappa shape index (κ3) is 6.65. The van der Waals surface area contributed by atoms with Gasteiger partial charge in [-0.05, 0) is 56.2 Å². The van der Waals surface area contributed by atoms with Gasteiger partial charge in [0.1, 0.15) is 5.75 Å². The Morgan fingerprint density at radius 1 is 0.929 bits per heavy atom. The maximum atomic E-state index is 12.3. The Bertz CT molecular complexity index is 786. The second-order valence-electron chi connectivity index (χ2n) is 6.09. The Morgan fingerprint density at radius 2 is 1.68 bits per heavy atom. The molecule has 2 aromatic carbocycles. The van der Waals surface area contributed by atoms with Gasteiger partial charge in [0.05, 0.1) is 25.5 Å². The summed E-state index contributed by atoms with van der Waals surface area (Å²) < 4.78 is 17.0. The predicted molar refractivity (Wildman–Crippen MR) is 113 cm³/mol. The zero-order valence-corrected chi connectivity index (χ0v) is 16.9. The van der Waals surface area contributed by atoms with Gasteiger partial charge in [0.2, 0.25) is 5.91 Å². The summed E-state index contributed by atoms with van der Waals surface area (Å²) >= 11 is 0. The van der Waals surface area contributed by atoms with E-state index in [-0.39, 0.29) is 5.91 Å². The molecule has 1 N–H and O–H groups in total. The second kappa shape index (κ2) is 11.7. The van der Waals surface area contributed by atoms with Crippen LogP contribution in [0.5, 0.6) is 17.2 Å². The van der Waals surface area contributed by atoms with E-state index in [0.717, 1.165) is 24.2 Å². The lowest BCUT2D eigenvalue weighted by Gasteiger charge is -2.12. The average molecular weight is 383 g/mol. The van der Waals surface area contributed by atoms with Gasteiger partial charge in [0.15, 0.2) is 11.5 Å². The van der Waals surface area contributed by atoms with Crippen molar-refractivity contribution in [1.82, 2.24) is 0 Å². The van der Waals surface area contributed by atoms with Gasteiger partial charge in [-0.3, -0.25) is 4.79 Å². The molecule has 1 amide bonds. The molecule has 0 saturated carbocycles. The van der Waals surface area contributed by atoms with Crippen molar-refractivity contribution in [3.05, 3.63) is 54.1 Å². The lowest BCUT2D eigenvalue weighted by atomic mass is 10.2. The van der Waals surface area contributed by atoms with Crippen molar-refractivity contribution in [2.24, 2.45) is 0 Å². The zero-order valence-electron chi connectivity index (χ0n) is 16.9. The van der Waals surface area contributed by atoms with E-state index < -0.39 is 0 Å². The number of ether oxygens (including phenoxy) is 3. The maximum Gasteiger partial charge on any atom is 0.248 e. The molecule has 0 heterocycles. The van der Waals surface area contributed by atoms with Crippen LogP contribution in [0.3, 0.4) is 0 Å². The van der Waals surface area contributed by atoms with E-state index in [1.807, 2.05) is 56.3 Å². The first-order valence-electron chi connectivity index (χ1n) is 9.78. The molecule has 0 aliphatic heterocycles. The molecule has 0 atom stereocenters. The molecule has 0 aliphatic rings. The number of amides is 1. The van der Waals surface area contributed by atoms with Gasteiger partial charge in [-0.25, -0.2) is 0 Å². The van der Waals surface area contributed by atoms with Crippen LogP contribution in [0, 0.1) is 0 Å². The highest BCUT2D eigenvalue weighted by molar-refractivity contribution is 6.02. The van der Waals surface area contributed by atoms with E-state index in [1.165, 1.54) is 6.08 Å². The summed E-state index contributed by atoms with van der Waals surface area (Å²) in [4.78, 5) is 12.3. The topological polar surface area (TPSA) is 56.8 Å². The van der Waals surface area contributed by atoms with Crippen LogP contribution in [-0.4, -0.2) is 25.7 Å². The van der Waals surface area contributed by atoms with Crippen molar-refractivity contribution in [3.8, 4) is 17.2 Å². The minimum atomic E-state index is -0.228. The molecule has 5 nitrogen and oxygen atoms in total. The quantitative estimate of drug-likeness (QED) is 0.422.